The number of hydrogen-bond donors (Lipinski definition) is 3. The van der Waals surface area contributed by atoms with Gasteiger partial charge in [0.25, 0.3) is 0 Å². The van der Waals surface area contributed by atoms with Crippen LogP contribution >= 0.6 is 7.82 Å². The number of carbonyl (C=O) groups is 1. The highest BCUT2D eigenvalue weighted by Crippen LogP contribution is 2.43. The number of carbonyl (C=O) groups excluding carboxylic acids is 1. The molecule has 0 aromatic carbocycles. The number of nitrogens with one attached hydrogen (secondary N) is 1. The molecule has 0 spiro atoms. The fraction of sp³-hybridized carbons (Fsp3) is 0.896. The van der Waals surface area contributed by atoms with Crippen molar-refractivity contribution in [1.29, 1.82) is 0 Å². The maximum Gasteiger partial charge on any atom is 0.472 e. The first-order chi connectivity index (χ1) is 27.5. The van der Waals surface area contributed by atoms with Gasteiger partial charge < -0.3 is 19.8 Å². The van der Waals surface area contributed by atoms with Gasteiger partial charge in [-0.2, -0.15) is 0 Å². The molecule has 0 fully saturated rings. The van der Waals surface area contributed by atoms with Gasteiger partial charge in [0.15, 0.2) is 0 Å². The van der Waals surface area contributed by atoms with E-state index in [0.29, 0.717) is 17.4 Å². The second kappa shape index (κ2) is 40.4. The van der Waals surface area contributed by atoms with E-state index in [2.05, 4.69) is 31.3 Å². The number of phosphoric acid groups is 1. The highest BCUT2D eigenvalue weighted by atomic mass is 31.2. The van der Waals surface area contributed by atoms with E-state index in [1.165, 1.54) is 167 Å². The van der Waals surface area contributed by atoms with Crippen LogP contribution < -0.4 is 5.32 Å². The molecule has 0 saturated heterocycles. The summed E-state index contributed by atoms with van der Waals surface area (Å²) in [7, 11) is 1.58. The van der Waals surface area contributed by atoms with Gasteiger partial charge in [-0.25, -0.2) is 4.57 Å². The normalized spacial score (nSPS) is 14.4. The average molecular weight is 828 g/mol. The van der Waals surface area contributed by atoms with Crippen molar-refractivity contribution in [2.45, 2.75) is 238 Å². The lowest BCUT2D eigenvalue weighted by atomic mass is 10.0. The number of aliphatic hydroxyl groups is 1. The fourth-order valence-corrected chi connectivity index (χ4v) is 7.77. The molecule has 0 aliphatic carbocycles. The van der Waals surface area contributed by atoms with Crippen LogP contribution in [0.2, 0.25) is 0 Å². The third-order valence-electron chi connectivity index (χ3n) is 10.9. The van der Waals surface area contributed by atoms with E-state index < -0.39 is 20.0 Å². The summed E-state index contributed by atoms with van der Waals surface area (Å²) in [6.45, 7) is 4.81. The third-order valence-corrected chi connectivity index (χ3v) is 11.9. The van der Waals surface area contributed by atoms with Gasteiger partial charge in [-0.1, -0.05) is 199 Å². The molecule has 57 heavy (non-hydrogen) atoms. The molecule has 1 unspecified atom stereocenters. The second-order valence-corrected chi connectivity index (χ2v) is 19.3. The highest BCUT2D eigenvalue weighted by molar-refractivity contribution is 7.47. The Morgan fingerprint density at radius 3 is 1.35 bits per heavy atom. The maximum atomic E-state index is 12.9. The van der Waals surface area contributed by atoms with Crippen molar-refractivity contribution in [2.24, 2.45) is 0 Å². The molecule has 0 aliphatic heterocycles. The summed E-state index contributed by atoms with van der Waals surface area (Å²) in [5.41, 5.74) is 0. The summed E-state index contributed by atoms with van der Waals surface area (Å²) >= 11 is 0. The van der Waals surface area contributed by atoms with E-state index in [9.17, 15) is 19.4 Å². The second-order valence-electron chi connectivity index (χ2n) is 17.8. The zero-order valence-corrected chi connectivity index (χ0v) is 39.2. The summed E-state index contributed by atoms with van der Waals surface area (Å²) in [5.74, 6) is -0.176. The van der Waals surface area contributed by atoms with Crippen LogP contribution in [-0.4, -0.2) is 73.4 Å². The van der Waals surface area contributed by atoms with Crippen LogP contribution in [0.1, 0.15) is 226 Å². The first kappa shape index (κ1) is 56.0. The van der Waals surface area contributed by atoms with E-state index in [4.69, 9.17) is 9.05 Å². The molecule has 0 rings (SSSR count). The molecule has 0 aromatic heterocycles. The Hall–Kier alpha value is -1.02. The minimum absolute atomic E-state index is 0.0630. The van der Waals surface area contributed by atoms with Crippen molar-refractivity contribution < 1.29 is 32.9 Å². The standard InChI is InChI=1S/C48H95N2O6P/c1-6-8-10-12-14-16-18-20-21-22-23-24-25-26-27-28-29-30-32-34-36-38-40-42-48(52)49-46(45-56-57(53,54)55-44-43-50(3,4)5)47(51)41-39-37-35-33-31-19-17-15-13-11-9-7-2/h20-21,39,41,46-47,51H,6-19,22-38,40,42-45H2,1-5H3,(H-,49,52,53,54)/p+1/b21-20+,41-39+/t46-,47+/m0/s1. The van der Waals surface area contributed by atoms with Crippen LogP contribution in [0.25, 0.3) is 0 Å². The smallest absolute Gasteiger partial charge is 0.387 e. The summed E-state index contributed by atoms with van der Waals surface area (Å²) < 4.78 is 23.6. The highest BCUT2D eigenvalue weighted by Gasteiger charge is 2.27. The molecule has 0 saturated carbocycles. The minimum Gasteiger partial charge on any atom is -0.387 e. The number of likely N-dealkylation sites (N-methyl/N-ethyl adjacent to an activating group) is 1. The SMILES string of the molecule is CCCCCCCC/C=C/CCCCCCCCCCCCCCCC(=O)N[C@@H](COP(=O)(O)OCC[N+](C)(C)C)[C@H](O)/C=C/CCCCCCCCCCCC. The van der Waals surface area contributed by atoms with Gasteiger partial charge in [0.1, 0.15) is 13.2 Å². The van der Waals surface area contributed by atoms with E-state index >= 15 is 0 Å². The van der Waals surface area contributed by atoms with E-state index in [1.807, 2.05) is 27.2 Å². The number of amides is 1. The summed E-state index contributed by atoms with van der Waals surface area (Å²) in [4.78, 5) is 23.1. The average Bonchev–Trinajstić information content (AvgIpc) is 3.16. The van der Waals surface area contributed by atoms with Crippen molar-refractivity contribution in [2.75, 3.05) is 40.9 Å². The molecule has 0 bridgehead atoms. The molecule has 0 radical (unpaired) electrons. The molecule has 3 atom stereocenters. The van der Waals surface area contributed by atoms with Crippen LogP contribution in [-0.2, 0) is 18.4 Å². The third kappa shape index (κ3) is 42.9. The lowest BCUT2D eigenvalue weighted by molar-refractivity contribution is -0.870. The number of nitrogens with zero attached hydrogens (tertiary/aromatic N) is 1. The van der Waals surface area contributed by atoms with Crippen LogP contribution in [0.15, 0.2) is 24.3 Å². The zero-order valence-electron chi connectivity index (χ0n) is 38.3. The van der Waals surface area contributed by atoms with Gasteiger partial charge in [-0.05, 0) is 44.9 Å². The Balaban J connectivity index is 4.23. The predicted octanol–water partition coefficient (Wildman–Crippen LogP) is 13.7. The van der Waals surface area contributed by atoms with Gasteiger partial charge >= 0.3 is 7.82 Å². The number of allylic oxidation sites excluding steroid dienone is 3. The monoisotopic (exact) mass is 828 g/mol. The lowest BCUT2D eigenvalue weighted by Gasteiger charge is -2.25. The van der Waals surface area contributed by atoms with E-state index in [-0.39, 0.29) is 19.1 Å². The first-order valence-electron chi connectivity index (χ1n) is 24.2. The molecule has 0 heterocycles. The molecule has 1 amide bonds. The van der Waals surface area contributed by atoms with Crippen LogP contribution in [0.4, 0.5) is 0 Å². The van der Waals surface area contributed by atoms with Gasteiger partial charge in [-0.3, -0.25) is 13.8 Å². The number of hydrogen-bond acceptors (Lipinski definition) is 5. The predicted molar refractivity (Wildman–Crippen MR) is 245 cm³/mol. The van der Waals surface area contributed by atoms with Crippen LogP contribution in [0.5, 0.6) is 0 Å². The van der Waals surface area contributed by atoms with Crippen molar-refractivity contribution in [3.05, 3.63) is 24.3 Å². The fourth-order valence-electron chi connectivity index (χ4n) is 7.04. The van der Waals surface area contributed by atoms with Gasteiger partial charge in [0, 0.05) is 6.42 Å². The Morgan fingerprint density at radius 1 is 0.579 bits per heavy atom. The first-order valence-corrected chi connectivity index (χ1v) is 25.7. The minimum atomic E-state index is -4.33. The van der Waals surface area contributed by atoms with Crippen molar-refractivity contribution >= 4 is 13.7 Å². The number of rotatable bonds is 44. The number of unbranched alkanes of at least 4 members (excludes halogenated alkanes) is 29. The van der Waals surface area contributed by atoms with Crippen molar-refractivity contribution in [1.82, 2.24) is 5.32 Å². The molecule has 338 valence electrons. The Labute approximate surface area is 354 Å². The molecule has 0 aromatic rings. The summed E-state index contributed by atoms with van der Waals surface area (Å²) in [6.07, 6.45) is 48.2. The quantitative estimate of drug-likeness (QED) is 0.0244. The molecular weight excluding hydrogens is 732 g/mol. The maximum absolute atomic E-state index is 12.9. The van der Waals surface area contributed by atoms with Gasteiger partial charge in [-0.15, -0.1) is 0 Å². The van der Waals surface area contributed by atoms with Crippen molar-refractivity contribution in [3.63, 3.8) is 0 Å². The topological polar surface area (TPSA) is 105 Å². The van der Waals surface area contributed by atoms with Gasteiger partial charge in [0.05, 0.1) is 39.9 Å². The largest absolute Gasteiger partial charge is 0.472 e. The molecular formula is C48H96N2O6P+. The molecule has 9 heteroatoms. The molecule has 0 aliphatic rings. The zero-order chi connectivity index (χ0) is 42.1. The number of quaternary nitrogens is 1. The Bertz CT molecular complexity index is 984. The summed E-state index contributed by atoms with van der Waals surface area (Å²) in [5, 5.41) is 13.8. The summed E-state index contributed by atoms with van der Waals surface area (Å²) in [6, 6.07) is -0.842. The van der Waals surface area contributed by atoms with Gasteiger partial charge in [0.2, 0.25) is 5.91 Å². The Morgan fingerprint density at radius 2 is 0.947 bits per heavy atom. The number of aliphatic hydroxyl groups excluding tert-OH is 1. The lowest BCUT2D eigenvalue weighted by Crippen LogP contribution is -2.45. The van der Waals surface area contributed by atoms with E-state index in [1.54, 1.807) is 6.08 Å². The molecule has 8 nitrogen and oxygen atoms in total. The van der Waals surface area contributed by atoms with E-state index in [0.717, 1.165) is 38.5 Å². The van der Waals surface area contributed by atoms with Crippen LogP contribution in [0.3, 0.4) is 0 Å². The Kier molecular flexibility index (Phi) is 39.7. The van der Waals surface area contributed by atoms with Crippen LogP contribution in [0, 0.1) is 0 Å². The van der Waals surface area contributed by atoms with Crippen molar-refractivity contribution in [3.8, 4) is 0 Å². The molecule has 3 N–H and O–H groups in total. The number of phosphoric ester groups is 1.